The van der Waals surface area contributed by atoms with Gasteiger partial charge in [0.25, 0.3) is 0 Å². The number of benzene rings is 5. The zero-order valence-electron chi connectivity index (χ0n) is 29.2. The number of allylic oxidation sites excluding steroid dienone is 6. The van der Waals surface area contributed by atoms with Gasteiger partial charge in [-0.15, -0.1) is 0 Å². The first-order chi connectivity index (χ1) is 25.0. The molecule has 0 saturated heterocycles. The fourth-order valence-electron chi connectivity index (χ4n) is 6.66. The third-order valence-electron chi connectivity index (χ3n) is 9.38. The minimum atomic E-state index is 0.755. The quantitative estimate of drug-likeness (QED) is 0.114. The van der Waals surface area contributed by atoms with Gasteiger partial charge in [-0.25, -0.2) is 9.97 Å². The molecule has 0 atom stereocenters. The molecule has 246 valence electrons. The normalized spacial score (nSPS) is 12.6. The van der Waals surface area contributed by atoms with Gasteiger partial charge in [0.15, 0.2) is 0 Å². The lowest BCUT2D eigenvalue weighted by Gasteiger charge is -2.13. The van der Waals surface area contributed by atoms with Gasteiger partial charge < -0.3 is 0 Å². The zero-order valence-corrected chi connectivity index (χ0v) is 29.2. The van der Waals surface area contributed by atoms with E-state index >= 15 is 0 Å². The predicted octanol–water partition coefficient (Wildman–Crippen LogP) is 11.3. The molecular weight excluding hydrogens is 617 g/mol. The van der Waals surface area contributed by atoms with Crippen LogP contribution in [0.4, 0.5) is 0 Å². The molecule has 5 aromatic carbocycles. The van der Waals surface area contributed by atoms with E-state index in [1.54, 1.807) is 0 Å². The topological polar surface area (TPSA) is 25.8 Å². The molecule has 2 nitrogen and oxygen atoms in total. The van der Waals surface area contributed by atoms with Gasteiger partial charge in [0, 0.05) is 16.3 Å². The molecule has 0 radical (unpaired) electrons. The highest BCUT2D eigenvalue weighted by Crippen LogP contribution is 2.34. The Balaban J connectivity index is 1.24. The maximum atomic E-state index is 5.16. The standard InChI is InChI=1S/C49H40N2/c1-5-7-9-21-46-35(4)33-45-48(51-47-22-15-14-20-44(47)49(45)50-46)41-29-25-39(26-30-41)38-23-27-40(28-24-38)43(42-19-13-12-16-34(42)3)32-31-36(6-2)37-17-10-8-11-18-37/h5-31,33H,2-3,32H2,1,4H3/b7-5-,21-9-,36-31-,43-42+. The summed E-state index contributed by atoms with van der Waals surface area (Å²) in [6.45, 7) is 12.6. The summed E-state index contributed by atoms with van der Waals surface area (Å²) in [6, 6.07) is 46.9. The molecule has 0 bridgehead atoms. The zero-order chi connectivity index (χ0) is 35.2. The van der Waals surface area contributed by atoms with Crippen molar-refractivity contribution in [3.05, 3.63) is 203 Å². The Kier molecular flexibility index (Phi) is 9.76. The summed E-state index contributed by atoms with van der Waals surface area (Å²) in [6.07, 6.45) is 13.1. The largest absolute Gasteiger partial charge is 0.247 e. The highest BCUT2D eigenvalue weighted by molar-refractivity contribution is 6.09. The number of aryl methyl sites for hydroxylation is 1. The van der Waals surface area contributed by atoms with Gasteiger partial charge in [-0.1, -0.05) is 165 Å². The molecule has 2 heteroatoms. The second kappa shape index (κ2) is 15.0. The van der Waals surface area contributed by atoms with Crippen molar-refractivity contribution in [2.45, 2.75) is 20.3 Å². The molecule has 0 N–H and O–H groups in total. The van der Waals surface area contributed by atoms with Crippen molar-refractivity contribution in [3.8, 4) is 22.4 Å². The van der Waals surface area contributed by atoms with Gasteiger partial charge >= 0.3 is 0 Å². The van der Waals surface area contributed by atoms with Crippen LogP contribution in [0.2, 0.25) is 0 Å². The maximum absolute atomic E-state index is 5.16. The second-order valence-electron chi connectivity index (χ2n) is 12.7. The first kappa shape index (κ1) is 33.1. The molecule has 0 aliphatic heterocycles. The van der Waals surface area contributed by atoms with Gasteiger partial charge in [0.1, 0.15) is 0 Å². The lowest BCUT2D eigenvalue weighted by Crippen LogP contribution is -2.25. The van der Waals surface area contributed by atoms with Crippen LogP contribution in [0.3, 0.4) is 0 Å². The molecule has 0 spiro atoms. The number of pyridine rings is 2. The Labute approximate surface area is 300 Å². The molecule has 7 aromatic rings. The Morgan fingerprint density at radius 1 is 0.667 bits per heavy atom. The van der Waals surface area contributed by atoms with E-state index in [1.807, 2.05) is 49.4 Å². The molecule has 0 saturated carbocycles. The second-order valence-corrected chi connectivity index (χ2v) is 12.7. The lowest BCUT2D eigenvalue weighted by molar-refractivity contribution is 1.29. The van der Waals surface area contributed by atoms with Crippen LogP contribution >= 0.6 is 0 Å². The Morgan fingerprint density at radius 2 is 1.33 bits per heavy atom. The van der Waals surface area contributed by atoms with Crippen molar-refractivity contribution in [1.82, 2.24) is 9.97 Å². The van der Waals surface area contributed by atoms with E-state index in [9.17, 15) is 0 Å². The highest BCUT2D eigenvalue weighted by Gasteiger charge is 2.14. The first-order valence-corrected chi connectivity index (χ1v) is 17.4. The summed E-state index contributed by atoms with van der Waals surface area (Å²) < 4.78 is 0. The molecule has 2 heterocycles. The number of hydrogen-bond donors (Lipinski definition) is 0. The third kappa shape index (κ3) is 7.04. The molecule has 2 aromatic heterocycles. The highest BCUT2D eigenvalue weighted by atomic mass is 14.8. The number of para-hydroxylation sites is 1. The summed E-state index contributed by atoms with van der Waals surface area (Å²) >= 11 is 0. The fraction of sp³-hybridized carbons (Fsp3) is 0.0612. The average Bonchev–Trinajstić information content (AvgIpc) is 3.18. The molecule has 0 unspecified atom stereocenters. The number of fused-ring (bicyclic) bond motifs is 3. The van der Waals surface area contributed by atoms with Crippen LogP contribution in [-0.2, 0) is 0 Å². The molecule has 0 fully saturated rings. The molecule has 0 aliphatic rings. The van der Waals surface area contributed by atoms with E-state index in [2.05, 4.69) is 147 Å². The van der Waals surface area contributed by atoms with Gasteiger partial charge in [0.05, 0.1) is 22.4 Å². The van der Waals surface area contributed by atoms with Crippen molar-refractivity contribution >= 4 is 45.6 Å². The smallest absolute Gasteiger partial charge is 0.0825 e. The minimum Gasteiger partial charge on any atom is -0.247 e. The van der Waals surface area contributed by atoms with Crippen LogP contribution in [0.1, 0.15) is 35.7 Å². The Bertz CT molecular complexity index is 2570. The number of rotatable bonds is 9. The van der Waals surface area contributed by atoms with Crippen molar-refractivity contribution in [3.63, 3.8) is 0 Å². The molecule has 0 amide bonds. The number of aromatic nitrogens is 2. The third-order valence-corrected chi connectivity index (χ3v) is 9.38. The predicted molar refractivity (Wildman–Crippen MR) is 219 cm³/mol. The van der Waals surface area contributed by atoms with Gasteiger partial charge in [0.2, 0.25) is 0 Å². The van der Waals surface area contributed by atoms with Crippen LogP contribution < -0.4 is 10.4 Å². The molecule has 0 aliphatic carbocycles. The number of nitrogens with zero attached hydrogens (tertiary/aromatic N) is 2. The first-order valence-electron chi connectivity index (χ1n) is 17.4. The summed E-state index contributed by atoms with van der Waals surface area (Å²) in [5, 5.41) is 4.29. The number of hydrogen-bond acceptors (Lipinski definition) is 2. The van der Waals surface area contributed by atoms with Crippen LogP contribution in [0.5, 0.6) is 0 Å². The summed E-state index contributed by atoms with van der Waals surface area (Å²) in [7, 11) is 0. The van der Waals surface area contributed by atoms with Crippen molar-refractivity contribution in [1.29, 1.82) is 0 Å². The van der Waals surface area contributed by atoms with Crippen molar-refractivity contribution in [2.24, 2.45) is 0 Å². The van der Waals surface area contributed by atoms with Gasteiger partial charge in [-0.2, -0.15) is 0 Å². The lowest BCUT2D eigenvalue weighted by atomic mass is 9.94. The van der Waals surface area contributed by atoms with Crippen LogP contribution in [-0.4, -0.2) is 9.97 Å². The molecule has 7 rings (SSSR count). The fourth-order valence-corrected chi connectivity index (χ4v) is 6.66. The van der Waals surface area contributed by atoms with E-state index in [0.717, 1.165) is 83.4 Å². The van der Waals surface area contributed by atoms with E-state index in [-0.39, 0.29) is 0 Å². The van der Waals surface area contributed by atoms with E-state index in [0.29, 0.717) is 0 Å². The van der Waals surface area contributed by atoms with Gasteiger partial charge in [-0.05, 0) is 87.9 Å². The van der Waals surface area contributed by atoms with Crippen molar-refractivity contribution in [2.75, 3.05) is 0 Å². The maximum Gasteiger partial charge on any atom is 0.0825 e. The van der Waals surface area contributed by atoms with E-state index in [4.69, 9.17) is 9.97 Å². The van der Waals surface area contributed by atoms with Crippen LogP contribution in [0, 0.1) is 6.92 Å². The molecular formula is C49H40N2. The van der Waals surface area contributed by atoms with Crippen LogP contribution in [0.25, 0.3) is 68.0 Å². The van der Waals surface area contributed by atoms with E-state index < -0.39 is 0 Å². The van der Waals surface area contributed by atoms with E-state index in [1.165, 1.54) is 11.1 Å². The van der Waals surface area contributed by atoms with Crippen LogP contribution in [0.15, 0.2) is 170 Å². The Hall–Kier alpha value is -6.38. The summed E-state index contributed by atoms with van der Waals surface area (Å²) in [4.78, 5) is 10.3. The van der Waals surface area contributed by atoms with Gasteiger partial charge in [-0.3, -0.25) is 0 Å². The molecule has 51 heavy (non-hydrogen) atoms. The Morgan fingerprint density at radius 3 is 2.06 bits per heavy atom. The monoisotopic (exact) mass is 656 g/mol. The van der Waals surface area contributed by atoms with Crippen molar-refractivity contribution < 1.29 is 0 Å². The summed E-state index contributed by atoms with van der Waals surface area (Å²) in [5.74, 6) is 0. The minimum absolute atomic E-state index is 0.755. The average molecular weight is 657 g/mol. The SMILES string of the molecule is C=C/C(=C/C/C(c1ccc(-c2ccc(-c3nc4ccccc4c4nc(/C=C\C=C/C)c(C)cc34)cc2)cc1)=c1/ccccc1=C)c1ccccc1. The summed E-state index contributed by atoms with van der Waals surface area (Å²) in [5.41, 5.74) is 13.0.